The molecule has 0 unspecified atom stereocenters. The van der Waals surface area contributed by atoms with Crippen LogP contribution in [0.2, 0.25) is 0 Å². The molecule has 0 fully saturated rings. The van der Waals surface area contributed by atoms with Gasteiger partial charge in [0.25, 0.3) is 11.8 Å². The quantitative estimate of drug-likeness (QED) is 0.472. The van der Waals surface area contributed by atoms with Gasteiger partial charge in [0.05, 0.1) is 39.6 Å². The van der Waals surface area contributed by atoms with E-state index in [1.165, 1.54) is 0 Å². The molecular formula is C16H20N2O10. The number of nitrogens with zero attached hydrogens (tertiary/aromatic N) is 2. The van der Waals surface area contributed by atoms with Gasteiger partial charge in [0.2, 0.25) is 0 Å². The average Bonchev–Trinajstić information content (AvgIpc) is 3.01. The summed E-state index contributed by atoms with van der Waals surface area (Å²) in [6.07, 6.45) is 0. The molecule has 2 atom stereocenters. The van der Waals surface area contributed by atoms with Crippen LogP contribution in [0, 0.1) is 0 Å². The fourth-order valence-electron chi connectivity index (χ4n) is 3.15. The van der Waals surface area contributed by atoms with Crippen molar-refractivity contribution in [1.82, 2.24) is 9.80 Å². The summed E-state index contributed by atoms with van der Waals surface area (Å²) in [4.78, 5) is 51.1. The van der Waals surface area contributed by atoms with Gasteiger partial charge in [0.15, 0.2) is 11.5 Å². The molecule has 2 amide bonds. The van der Waals surface area contributed by atoms with Crippen molar-refractivity contribution in [3.63, 3.8) is 0 Å². The van der Waals surface area contributed by atoms with Gasteiger partial charge >= 0.3 is 23.4 Å². The highest BCUT2D eigenvalue weighted by Crippen LogP contribution is 2.44. The molecule has 12 nitrogen and oxygen atoms in total. The van der Waals surface area contributed by atoms with Crippen molar-refractivity contribution in [1.29, 1.82) is 0 Å². The number of hydrogen-bond acceptors (Lipinski definition) is 10. The number of amides is 2. The SMILES string of the molecule is COC(=O)[C@@]1(O)C(OC)=C(C2=C(OC)[C@](O)(C(=O)OC)N(C)C2=O)C(=O)N1C. The molecule has 2 aliphatic rings. The second-order valence-electron chi connectivity index (χ2n) is 5.87. The summed E-state index contributed by atoms with van der Waals surface area (Å²) in [6.45, 7) is 0. The fraction of sp³-hybridized carbons (Fsp3) is 0.500. The molecule has 0 aliphatic carbocycles. The number of methoxy groups -OCH3 is 4. The summed E-state index contributed by atoms with van der Waals surface area (Å²) in [5, 5.41) is 21.6. The Bertz CT molecular complexity index is 763. The molecule has 28 heavy (non-hydrogen) atoms. The van der Waals surface area contributed by atoms with Crippen LogP contribution in [0.15, 0.2) is 22.7 Å². The van der Waals surface area contributed by atoms with E-state index < -0.39 is 57.9 Å². The topological polar surface area (TPSA) is 152 Å². The number of hydrogen-bond donors (Lipinski definition) is 2. The van der Waals surface area contributed by atoms with Crippen LogP contribution < -0.4 is 0 Å². The van der Waals surface area contributed by atoms with E-state index in [1.54, 1.807) is 0 Å². The maximum Gasteiger partial charge on any atom is 0.368 e. The molecule has 0 aromatic carbocycles. The van der Waals surface area contributed by atoms with Gasteiger partial charge in [-0.1, -0.05) is 0 Å². The van der Waals surface area contributed by atoms with Gasteiger partial charge in [0.1, 0.15) is 0 Å². The van der Waals surface area contributed by atoms with Gasteiger partial charge < -0.3 is 29.2 Å². The second kappa shape index (κ2) is 6.80. The van der Waals surface area contributed by atoms with E-state index in [0.29, 0.717) is 9.80 Å². The Morgan fingerprint density at radius 2 is 1.04 bits per heavy atom. The molecule has 0 aromatic rings. The van der Waals surface area contributed by atoms with Crippen molar-refractivity contribution in [3.8, 4) is 0 Å². The largest absolute Gasteiger partial charge is 0.494 e. The van der Waals surface area contributed by atoms with E-state index in [-0.39, 0.29) is 0 Å². The first kappa shape index (κ1) is 21.2. The highest BCUT2D eigenvalue weighted by Gasteiger charge is 2.64. The molecule has 2 aliphatic heterocycles. The number of carbonyl (C=O) groups excluding carboxylic acids is 4. The van der Waals surface area contributed by atoms with Crippen LogP contribution in [0.5, 0.6) is 0 Å². The zero-order valence-electron chi connectivity index (χ0n) is 16.1. The van der Waals surface area contributed by atoms with Crippen LogP contribution in [-0.4, -0.2) is 97.8 Å². The monoisotopic (exact) mass is 400 g/mol. The molecular weight excluding hydrogens is 380 g/mol. The third-order valence-corrected chi connectivity index (χ3v) is 4.69. The molecule has 2 N–H and O–H groups in total. The number of carbonyl (C=O) groups is 4. The lowest BCUT2D eigenvalue weighted by Crippen LogP contribution is -2.53. The lowest BCUT2D eigenvalue weighted by atomic mass is 10.0. The Morgan fingerprint density at radius 1 is 0.750 bits per heavy atom. The Kier molecular flexibility index (Phi) is 5.14. The van der Waals surface area contributed by atoms with E-state index in [1.807, 2.05) is 0 Å². The molecule has 2 rings (SSSR count). The van der Waals surface area contributed by atoms with Crippen molar-refractivity contribution >= 4 is 23.8 Å². The van der Waals surface area contributed by atoms with Gasteiger partial charge in [-0.2, -0.15) is 0 Å². The first-order valence-corrected chi connectivity index (χ1v) is 7.75. The Morgan fingerprint density at radius 3 is 1.25 bits per heavy atom. The number of aliphatic hydroxyl groups is 2. The number of esters is 2. The van der Waals surface area contributed by atoms with E-state index in [2.05, 4.69) is 9.47 Å². The van der Waals surface area contributed by atoms with Crippen LogP contribution in [-0.2, 0) is 38.1 Å². The summed E-state index contributed by atoms with van der Waals surface area (Å²) < 4.78 is 19.2. The number of rotatable bonds is 5. The number of ether oxygens (including phenoxy) is 4. The highest BCUT2D eigenvalue weighted by atomic mass is 16.6. The van der Waals surface area contributed by atoms with Crippen LogP contribution in [0.4, 0.5) is 0 Å². The molecule has 12 heteroatoms. The predicted octanol–water partition coefficient (Wildman–Crippen LogP) is -2.55. The van der Waals surface area contributed by atoms with Crippen LogP contribution in [0.3, 0.4) is 0 Å². The maximum absolute atomic E-state index is 12.8. The summed E-state index contributed by atoms with van der Waals surface area (Å²) >= 11 is 0. The summed E-state index contributed by atoms with van der Waals surface area (Å²) in [7, 11) is 6.22. The van der Waals surface area contributed by atoms with Gasteiger partial charge in [-0.05, 0) is 0 Å². The third-order valence-electron chi connectivity index (χ3n) is 4.69. The predicted molar refractivity (Wildman–Crippen MR) is 87.5 cm³/mol. The molecule has 154 valence electrons. The Labute approximate surface area is 159 Å². The maximum atomic E-state index is 12.8. The van der Waals surface area contributed by atoms with E-state index in [0.717, 1.165) is 42.5 Å². The first-order valence-electron chi connectivity index (χ1n) is 7.75. The van der Waals surface area contributed by atoms with Crippen LogP contribution in [0.1, 0.15) is 0 Å². The van der Waals surface area contributed by atoms with E-state index in [9.17, 15) is 29.4 Å². The molecule has 2 heterocycles. The zero-order chi connectivity index (χ0) is 21.6. The minimum absolute atomic E-state index is 0.577. The van der Waals surface area contributed by atoms with Crippen molar-refractivity contribution in [2.45, 2.75) is 11.4 Å². The van der Waals surface area contributed by atoms with Crippen molar-refractivity contribution in [2.75, 3.05) is 42.5 Å². The molecule has 0 radical (unpaired) electrons. The molecule has 0 bridgehead atoms. The average molecular weight is 400 g/mol. The molecule has 0 saturated heterocycles. The second-order valence-corrected chi connectivity index (χ2v) is 5.87. The van der Waals surface area contributed by atoms with Crippen LogP contribution in [0.25, 0.3) is 0 Å². The Hall–Kier alpha value is -3.12. The summed E-state index contributed by atoms with van der Waals surface area (Å²) in [5.41, 5.74) is -6.50. The van der Waals surface area contributed by atoms with E-state index in [4.69, 9.17) is 9.47 Å². The lowest BCUT2D eigenvalue weighted by molar-refractivity contribution is -0.181. The fourth-order valence-corrected chi connectivity index (χ4v) is 3.15. The highest BCUT2D eigenvalue weighted by molar-refractivity contribution is 6.18. The normalized spacial score (nSPS) is 27.6. The van der Waals surface area contributed by atoms with E-state index >= 15 is 0 Å². The zero-order valence-corrected chi connectivity index (χ0v) is 16.1. The van der Waals surface area contributed by atoms with Crippen molar-refractivity contribution in [2.24, 2.45) is 0 Å². The first-order chi connectivity index (χ1) is 13.0. The smallest absolute Gasteiger partial charge is 0.368 e. The van der Waals surface area contributed by atoms with Gasteiger partial charge in [-0.3, -0.25) is 19.4 Å². The van der Waals surface area contributed by atoms with Crippen molar-refractivity contribution < 1.29 is 48.3 Å². The minimum Gasteiger partial charge on any atom is -0.494 e. The van der Waals surface area contributed by atoms with Crippen LogP contribution >= 0.6 is 0 Å². The third kappa shape index (κ3) is 2.31. The van der Waals surface area contributed by atoms with Gasteiger partial charge in [-0.15, -0.1) is 0 Å². The Balaban J connectivity index is 2.89. The standard InChI is InChI=1S/C16H20N2O10/c1-17-11(19)7(9(25-3)15(17,23)13(21)27-5)8-10(26-4)16(24,14(22)28-6)18(2)12(8)20/h23-24H,1-6H3/t15-,16-/m0/s1. The van der Waals surface area contributed by atoms with Gasteiger partial charge in [-0.25, -0.2) is 9.59 Å². The number of likely N-dealkylation sites (N-methyl/N-ethyl adjacent to an activating group) is 2. The summed E-state index contributed by atoms with van der Waals surface area (Å²) in [6, 6.07) is 0. The van der Waals surface area contributed by atoms with Crippen molar-refractivity contribution in [3.05, 3.63) is 22.7 Å². The summed E-state index contributed by atoms with van der Waals surface area (Å²) in [5.74, 6) is -5.79. The lowest BCUT2D eigenvalue weighted by Gasteiger charge is -2.28. The molecule has 0 saturated carbocycles. The minimum atomic E-state index is -2.67. The molecule has 0 spiro atoms. The van der Waals surface area contributed by atoms with Gasteiger partial charge in [0, 0.05) is 14.1 Å². The molecule has 0 aromatic heterocycles.